The van der Waals surface area contributed by atoms with Crippen LogP contribution in [0, 0.1) is 18.8 Å². The fourth-order valence-corrected chi connectivity index (χ4v) is 2.61. The summed E-state index contributed by atoms with van der Waals surface area (Å²) in [4.78, 5) is 4.24. The smallest absolute Gasteiger partial charge is 0.160 e. The van der Waals surface area contributed by atoms with E-state index in [-0.39, 0.29) is 0 Å². The molecule has 1 aliphatic carbocycles. The summed E-state index contributed by atoms with van der Waals surface area (Å²) in [6.07, 6.45) is 5.88. The van der Waals surface area contributed by atoms with E-state index < -0.39 is 0 Å². The molecule has 0 aliphatic heterocycles. The van der Waals surface area contributed by atoms with Crippen LogP contribution in [0.2, 0.25) is 0 Å². The molecule has 2 atom stereocenters. The van der Waals surface area contributed by atoms with Crippen molar-refractivity contribution >= 4 is 5.69 Å². The van der Waals surface area contributed by atoms with E-state index in [9.17, 15) is 0 Å². The van der Waals surface area contributed by atoms with E-state index in [0.29, 0.717) is 0 Å². The summed E-state index contributed by atoms with van der Waals surface area (Å²) in [5.74, 6) is 2.48. The average molecular weight is 234 g/mol. The molecule has 17 heavy (non-hydrogen) atoms. The number of methoxy groups -OCH3 is 1. The first-order chi connectivity index (χ1) is 8.20. The lowest BCUT2D eigenvalue weighted by Crippen LogP contribution is -2.16. The minimum atomic E-state index is 0.799. The highest BCUT2D eigenvalue weighted by Gasteiger charge is 2.23. The summed E-state index contributed by atoms with van der Waals surface area (Å²) < 4.78 is 5.32. The first-order valence-electron chi connectivity index (χ1n) is 6.45. The maximum absolute atomic E-state index is 5.32. The Kier molecular flexibility index (Phi) is 3.87. The van der Waals surface area contributed by atoms with Gasteiger partial charge in [0.15, 0.2) is 5.75 Å². The Morgan fingerprint density at radius 1 is 1.47 bits per heavy atom. The van der Waals surface area contributed by atoms with Crippen molar-refractivity contribution in [2.45, 2.75) is 33.1 Å². The van der Waals surface area contributed by atoms with Crippen LogP contribution < -0.4 is 10.1 Å². The van der Waals surface area contributed by atoms with Gasteiger partial charge in [-0.3, -0.25) is 4.98 Å². The minimum Gasteiger partial charge on any atom is -0.493 e. The highest BCUT2D eigenvalue weighted by Crippen LogP contribution is 2.32. The van der Waals surface area contributed by atoms with Crippen LogP contribution in [-0.4, -0.2) is 18.6 Å². The van der Waals surface area contributed by atoms with Gasteiger partial charge in [0, 0.05) is 12.2 Å². The highest BCUT2D eigenvalue weighted by atomic mass is 16.5. The zero-order valence-corrected chi connectivity index (χ0v) is 11.0. The zero-order chi connectivity index (χ0) is 12.3. The summed E-state index contributed by atoms with van der Waals surface area (Å²) in [5, 5.41) is 3.51. The number of rotatable bonds is 4. The van der Waals surface area contributed by atoms with Crippen molar-refractivity contribution in [2.75, 3.05) is 19.0 Å². The molecular formula is C14H22N2O. The third-order valence-electron chi connectivity index (χ3n) is 3.82. The molecule has 1 aromatic heterocycles. The van der Waals surface area contributed by atoms with E-state index in [1.807, 2.05) is 6.92 Å². The van der Waals surface area contributed by atoms with Gasteiger partial charge in [-0.2, -0.15) is 0 Å². The molecule has 2 unspecified atom stereocenters. The normalized spacial score (nSPS) is 23.7. The van der Waals surface area contributed by atoms with E-state index in [1.165, 1.54) is 19.3 Å². The van der Waals surface area contributed by atoms with Crippen molar-refractivity contribution < 1.29 is 4.74 Å². The number of anilines is 1. The Balaban J connectivity index is 2.00. The maximum atomic E-state index is 5.32. The molecule has 1 N–H and O–H groups in total. The van der Waals surface area contributed by atoms with Crippen molar-refractivity contribution in [1.82, 2.24) is 4.98 Å². The fourth-order valence-electron chi connectivity index (χ4n) is 2.61. The molecule has 1 saturated carbocycles. The molecule has 0 aromatic carbocycles. The molecule has 0 saturated heterocycles. The predicted molar refractivity (Wildman–Crippen MR) is 70.5 cm³/mol. The largest absolute Gasteiger partial charge is 0.493 e. The Labute approximate surface area is 104 Å². The van der Waals surface area contributed by atoms with E-state index in [1.54, 1.807) is 13.3 Å². The third kappa shape index (κ3) is 2.90. The Hall–Kier alpha value is -1.25. The van der Waals surface area contributed by atoms with Crippen LogP contribution in [0.25, 0.3) is 0 Å². The predicted octanol–water partition coefficient (Wildman–Crippen LogP) is 3.25. The first-order valence-corrected chi connectivity index (χ1v) is 6.45. The van der Waals surface area contributed by atoms with Crippen LogP contribution in [0.1, 0.15) is 31.9 Å². The number of aryl methyl sites for hydroxylation is 1. The van der Waals surface area contributed by atoms with Crippen LogP contribution in [0.5, 0.6) is 5.75 Å². The molecule has 1 aliphatic rings. The molecule has 2 rings (SSSR count). The maximum Gasteiger partial charge on any atom is 0.160 e. The second kappa shape index (κ2) is 5.39. The van der Waals surface area contributed by atoms with Gasteiger partial charge >= 0.3 is 0 Å². The van der Waals surface area contributed by atoms with Crippen molar-refractivity contribution in [3.8, 4) is 5.75 Å². The van der Waals surface area contributed by atoms with Crippen LogP contribution in [0.4, 0.5) is 5.69 Å². The van der Waals surface area contributed by atoms with E-state index >= 15 is 0 Å². The van der Waals surface area contributed by atoms with Crippen molar-refractivity contribution in [2.24, 2.45) is 11.8 Å². The van der Waals surface area contributed by atoms with Crippen LogP contribution >= 0.6 is 0 Å². The number of aromatic nitrogens is 1. The summed E-state index contributed by atoms with van der Waals surface area (Å²) in [5.41, 5.74) is 2.09. The number of nitrogens with one attached hydrogen (secondary N) is 1. The Morgan fingerprint density at radius 2 is 2.29 bits per heavy atom. The molecule has 1 heterocycles. The lowest BCUT2D eigenvalue weighted by molar-refractivity contribution is 0.411. The lowest BCUT2D eigenvalue weighted by Gasteiger charge is -2.18. The summed E-state index contributed by atoms with van der Waals surface area (Å²) in [7, 11) is 1.69. The summed E-state index contributed by atoms with van der Waals surface area (Å²) >= 11 is 0. The Bertz CT molecular complexity index is 378. The molecule has 0 spiro atoms. The molecular weight excluding hydrogens is 212 g/mol. The van der Waals surface area contributed by atoms with E-state index in [0.717, 1.165) is 35.5 Å². The number of hydrogen-bond acceptors (Lipinski definition) is 3. The highest BCUT2D eigenvalue weighted by molar-refractivity contribution is 5.55. The number of nitrogens with zero attached hydrogens (tertiary/aromatic N) is 1. The molecule has 0 amide bonds. The summed E-state index contributed by atoms with van der Waals surface area (Å²) in [6.45, 7) is 5.40. The topological polar surface area (TPSA) is 34.1 Å². The molecule has 94 valence electrons. The van der Waals surface area contributed by atoms with Gasteiger partial charge in [0.2, 0.25) is 0 Å². The molecule has 3 nitrogen and oxygen atoms in total. The lowest BCUT2D eigenvalue weighted by atomic mass is 9.98. The van der Waals surface area contributed by atoms with Gasteiger partial charge in [0.05, 0.1) is 19.0 Å². The van der Waals surface area contributed by atoms with Crippen LogP contribution in [0.3, 0.4) is 0 Å². The second-order valence-electron chi connectivity index (χ2n) is 5.08. The second-order valence-corrected chi connectivity index (χ2v) is 5.08. The quantitative estimate of drug-likeness (QED) is 0.868. The van der Waals surface area contributed by atoms with Crippen molar-refractivity contribution in [3.05, 3.63) is 18.0 Å². The number of hydrogen-bond donors (Lipinski definition) is 1. The molecule has 1 fully saturated rings. The van der Waals surface area contributed by atoms with E-state index in [2.05, 4.69) is 23.3 Å². The van der Waals surface area contributed by atoms with Gasteiger partial charge in [-0.05, 0) is 31.2 Å². The zero-order valence-electron chi connectivity index (χ0n) is 11.0. The minimum absolute atomic E-state index is 0.799. The third-order valence-corrected chi connectivity index (χ3v) is 3.82. The van der Waals surface area contributed by atoms with Crippen molar-refractivity contribution in [1.29, 1.82) is 0 Å². The molecule has 3 heteroatoms. The average Bonchev–Trinajstić information content (AvgIpc) is 2.72. The number of ether oxygens (including phenoxy) is 1. The van der Waals surface area contributed by atoms with Gasteiger partial charge in [0.1, 0.15) is 0 Å². The Morgan fingerprint density at radius 3 is 2.94 bits per heavy atom. The molecule has 1 aromatic rings. The monoisotopic (exact) mass is 234 g/mol. The standard InChI is InChI=1S/C14H22N2O/c1-10-5-4-6-12(10)8-16-13-7-11(2)15-9-14(13)17-3/h7,9-10,12H,4-6,8H2,1-3H3,(H,15,16). The van der Waals surface area contributed by atoms with Gasteiger partial charge in [-0.15, -0.1) is 0 Å². The van der Waals surface area contributed by atoms with Gasteiger partial charge in [0.25, 0.3) is 0 Å². The molecule has 0 bridgehead atoms. The fraction of sp³-hybridized carbons (Fsp3) is 0.643. The van der Waals surface area contributed by atoms with Crippen LogP contribution in [0.15, 0.2) is 12.3 Å². The summed E-state index contributed by atoms with van der Waals surface area (Å²) in [6, 6.07) is 2.05. The van der Waals surface area contributed by atoms with Gasteiger partial charge in [-0.1, -0.05) is 19.8 Å². The van der Waals surface area contributed by atoms with Gasteiger partial charge in [-0.25, -0.2) is 0 Å². The van der Waals surface area contributed by atoms with E-state index in [4.69, 9.17) is 4.74 Å². The SMILES string of the molecule is COc1cnc(C)cc1NCC1CCCC1C. The molecule has 0 radical (unpaired) electrons. The number of pyridine rings is 1. The van der Waals surface area contributed by atoms with Crippen molar-refractivity contribution in [3.63, 3.8) is 0 Å². The van der Waals surface area contributed by atoms with Crippen LogP contribution in [-0.2, 0) is 0 Å². The van der Waals surface area contributed by atoms with Gasteiger partial charge < -0.3 is 10.1 Å². The first kappa shape index (κ1) is 12.2.